The molecule has 1 heterocycles. The highest BCUT2D eigenvalue weighted by Crippen LogP contribution is 2.38. The molecule has 2 amide bonds. The van der Waals surface area contributed by atoms with E-state index in [0.29, 0.717) is 25.0 Å². The molecule has 3 unspecified atom stereocenters. The van der Waals surface area contributed by atoms with Gasteiger partial charge in [-0.15, -0.1) is 0 Å². The van der Waals surface area contributed by atoms with Crippen LogP contribution in [0.5, 0.6) is 0 Å². The number of aromatic nitrogens is 1. The average molecular weight is 487 g/mol. The first kappa shape index (κ1) is 25.8. The van der Waals surface area contributed by atoms with E-state index in [2.05, 4.69) is 15.9 Å². The van der Waals surface area contributed by atoms with E-state index >= 15 is 0 Å². The van der Waals surface area contributed by atoms with Crippen molar-refractivity contribution in [3.63, 3.8) is 0 Å². The van der Waals surface area contributed by atoms with E-state index in [1.165, 1.54) is 0 Å². The highest BCUT2D eigenvalue weighted by atomic mass is 28.4. The maximum atomic E-state index is 13.3. The normalized spacial score (nSPS) is 19.5. The van der Waals surface area contributed by atoms with Crippen molar-refractivity contribution in [2.24, 2.45) is 11.8 Å². The number of carbonyl (C=O) groups excluding carboxylic acids is 3. The Morgan fingerprint density at radius 2 is 1.85 bits per heavy atom. The zero-order chi connectivity index (χ0) is 25.1. The summed E-state index contributed by atoms with van der Waals surface area (Å²) in [4.78, 5) is 38.4. The largest absolute Gasteiger partial charge is 0.399 e. The molecule has 0 aliphatic heterocycles. The summed E-state index contributed by atoms with van der Waals surface area (Å²) in [6, 6.07) is 10.8. The lowest BCUT2D eigenvalue weighted by Crippen LogP contribution is -2.54. The lowest BCUT2D eigenvalue weighted by molar-refractivity contribution is -0.141. The summed E-state index contributed by atoms with van der Waals surface area (Å²) in [5, 5.41) is 6.63. The number of hydrogen-bond acceptors (Lipinski definition) is 7. The number of Topliss-reactive ketones (excluding diaryl/α,β-unsaturated/α-hetero) is 1. The fourth-order valence-electron chi connectivity index (χ4n) is 3.75. The minimum atomic E-state index is -2.40. The second-order valence-electron chi connectivity index (χ2n) is 10.3. The lowest BCUT2D eigenvalue weighted by atomic mass is 9.97. The molecule has 0 radical (unpaired) electrons. The third kappa shape index (κ3) is 5.80. The lowest BCUT2D eigenvalue weighted by Gasteiger charge is -2.38. The van der Waals surface area contributed by atoms with Crippen molar-refractivity contribution < 1.29 is 23.3 Å². The quantitative estimate of drug-likeness (QED) is 0.171. The van der Waals surface area contributed by atoms with Gasteiger partial charge in [-0.05, 0) is 37.4 Å². The summed E-state index contributed by atoms with van der Waals surface area (Å²) in [5.74, 6) is 4.15. The highest BCUT2D eigenvalue weighted by Gasteiger charge is 2.45. The predicted octanol–water partition coefficient (Wildman–Crippen LogP) is 3.19. The number of hydrazine groups is 1. The van der Waals surface area contributed by atoms with Crippen LogP contribution < -0.4 is 16.6 Å². The van der Waals surface area contributed by atoms with Crippen LogP contribution in [0.1, 0.15) is 50.5 Å². The smallest absolute Gasteiger partial charge is 0.273 e. The van der Waals surface area contributed by atoms with E-state index < -0.39 is 26.2 Å². The molecule has 0 spiro atoms. The Hall–Kier alpha value is -2.82. The van der Waals surface area contributed by atoms with Gasteiger partial charge < -0.3 is 14.3 Å². The van der Waals surface area contributed by atoms with Crippen LogP contribution in [0.25, 0.3) is 11.3 Å². The molecule has 34 heavy (non-hydrogen) atoms. The van der Waals surface area contributed by atoms with Crippen molar-refractivity contribution in [3.05, 3.63) is 42.1 Å². The monoisotopic (exact) mass is 486 g/mol. The van der Waals surface area contributed by atoms with Gasteiger partial charge in [0.25, 0.3) is 11.8 Å². The minimum Gasteiger partial charge on any atom is -0.399 e. The number of hydrogen-bond donors (Lipinski definition) is 3. The van der Waals surface area contributed by atoms with Gasteiger partial charge in [-0.1, -0.05) is 56.3 Å². The Bertz CT molecular complexity index is 1030. The van der Waals surface area contributed by atoms with Crippen molar-refractivity contribution >= 4 is 25.9 Å². The number of nitrogens with one attached hydrogen (secondary N) is 2. The van der Waals surface area contributed by atoms with Gasteiger partial charge in [0.05, 0.1) is 0 Å². The molecule has 0 bridgehead atoms. The minimum absolute atomic E-state index is 0.176. The van der Waals surface area contributed by atoms with Gasteiger partial charge in [-0.2, -0.15) is 0 Å². The zero-order valence-electron chi connectivity index (χ0n) is 20.4. The van der Waals surface area contributed by atoms with Crippen LogP contribution in [0.15, 0.2) is 40.9 Å². The summed E-state index contributed by atoms with van der Waals surface area (Å²) < 4.78 is 11.5. The third-order valence-corrected chi connectivity index (χ3v) is 11.3. The molecule has 1 aromatic carbocycles. The zero-order valence-corrected chi connectivity index (χ0v) is 21.4. The molecule has 1 fully saturated rings. The van der Waals surface area contributed by atoms with Crippen molar-refractivity contribution in [2.75, 3.05) is 0 Å². The Morgan fingerprint density at radius 1 is 1.18 bits per heavy atom. The Kier molecular flexibility index (Phi) is 7.74. The third-order valence-electron chi connectivity index (χ3n) is 6.83. The second kappa shape index (κ2) is 10.2. The van der Waals surface area contributed by atoms with Crippen LogP contribution >= 0.6 is 0 Å². The van der Waals surface area contributed by atoms with Gasteiger partial charge in [0.1, 0.15) is 0 Å². The number of rotatable bonds is 8. The molecule has 4 N–H and O–H groups in total. The van der Waals surface area contributed by atoms with Gasteiger partial charge in [0.15, 0.2) is 31.7 Å². The molecule has 3 rings (SSSR count). The first-order chi connectivity index (χ1) is 15.9. The number of carbonyl (C=O) groups is 3. The van der Waals surface area contributed by atoms with Crippen molar-refractivity contribution in [2.45, 2.75) is 70.3 Å². The molecule has 10 heteroatoms. The molecule has 1 aliphatic carbocycles. The van der Waals surface area contributed by atoms with E-state index in [9.17, 15) is 14.4 Å². The average Bonchev–Trinajstić information content (AvgIpc) is 3.46. The summed E-state index contributed by atoms with van der Waals surface area (Å²) in [6.07, 6.45) is 0.327. The second-order valence-corrected chi connectivity index (χ2v) is 15.0. The summed E-state index contributed by atoms with van der Waals surface area (Å²) >= 11 is 0. The van der Waals surface area contributed by atoms with Gasteiger partial charge in [0, 0.05) is 23.6 Å². The maximum Gasteiger partial charge on any atom is 0.273 e. The van der Waals surface area contributed by atoms with Crippen LogP contribution in [0.2, 0.25) is 18.1 Å². The van der Waals surface area contributed by atoms with Crippen LogP contribution in [0, 0.1) is 5.92 Å². The molecule has 1 aliphatic rings. The molecule has 184 valence electrons. The number of benzene rings is 1. The highest BCUT2D eigenvalue weighted by molar-refractivity contribution is 6.74. The topological polar surface area (TPSA) is 137 Å². The van der Waals surface area contributed by atoms with Crippen LogP contribution in [0.3, 0.4) is 0 Å². The van der Waals surface area contributed by atoms with E-state index in [1.807, 2.05) is 64.2 Å². The van der Waals surface area contributed by atoms with E-state index in [0.717, 1.165) is 5.56 Å². The Balaban J connectivity index is 1.63. The molecule has 0 saturated heterocycles. The van der Waals surface area contributed by atoms with Crippen molar-refractivity contribution in [1.82, 2.24) is 15.9 Å². The first-order valence-corrected chi connectivity index (χ1v) is 14.4. The van der Waals surface area contributed by atoms with Crippen molar-refractivity contribution in [1.29, 1.82) is 0 Å². The van der Waals surface area contributed by atoms with Gasteiger partial charge >= 0.3 is 0 Å². The fourth-order valence-corrected chi connectivity index (χ4v) is 4.92. The number of ketones is 1. The Morgan fingerprint density at radius 3 is 2.47 bits per heavy atom. The van der Waals surface area contributed by atoms with Crippen molar-refractivity contribution in [3.8, 4) is 11.3 Å². The molecule has 2 aromatic rings. The van der Waals surface area contributed by atoms with Gasteiger partial charge in [-0.3, -0.25) is 19.8 Å². The van der Waals surface area contributed by atoms with Crippen LogP contribution in [-0.2, 0) is 14.0 Å². The SMILES string of the molecule is CC(C)(C)[Si](C)(C)OC(C(=O)NN)C(=O)C1CCC(NC(=O)c2cc(-c3ccccc3)on2)C1. The number of nitrogens with two attached hydrogens (primary N) is 1. The maximum absolute atomic E-state index is 13.3. The fraction of sp³-hybridized carbons (Fsp3) is 0.500. The first-order valence-electron chi connectivity index (χ1n) is 11.5. The van der Waals surface area contributed by atoms with E-state index in [4.69, 9.17) is 14.8 Å². The molecule has 3 atom stereocenters. The molecular weight excluding hydrogens is 452 g/mol. The summed E-state index contributed by atoms with van der Waals surface area (Å²) in [6.45, 7) is 10.1. The van der Waals surface area contributed by atoms with E-state index in [1.54, 1.807) is 6.07 Å². The predicted molar refractivity (Wildman–Crippen MR) is 130 cm³/mol. The summed E-state index contributed by atoms with van der Waals surface area (Å²) in [5.41, 5.74) is 3.07. The Labute approximate surface area is 200 Å². The van der Waals surface area contributed by atoms with Gasteiger partial charge in [-0.25, -0.2) is 5.84 Å². The summed E-state index contributed by atoms with van der Waals surface area (Å²) in [7, 11) is -2.40. The molecule has 1 saturated carbocycles. The number of nitrogens with zero attached hydrogens (tertiary/aromatic N) is 1. The van der Waals surface area contributed by atoms with Crippen LogP contribution in [-0.4, -0.2) is 43.2 Å². The van der Waals surface area contributed by atoms with Crippen LogP contribution in [0.4, 0.5) is 0 Å². The molecular formula is C24H34N4O5Si. The molecule has 1 aromatic heterocycles. The van der Waals surface area contributed by atoms with Gasteiger partial charge in [0.2, 0.25) is 0 Å². The standard InChI is InChI=1S/C24H34N4O5Si/c1-24(2,3)34(4,5)33-21(23(31)27-25)20(29)16-11-12-17(13-16)26-22(30)18-14-19(32-28-18)15-9-7-6-8-10-15/h6-10,14,16-17,21H,11-13,25H2,1-5H3,(H,26,30)(H,27,31). The molecule has 9 nitrogen and oxygen atoms in total. The van der Waals surface area contributed by atoms with E-state index in [-0.39, 0.29) is 28.5 Å². The number of amides is 2.